The van der Waals surface area contributed by atoms with Crippen LogP contribution in [0.3, 0.4) is 0 Å². The Labute approximate surface area is 182 Å². The minimum atomic E-state index is 0.0505. The molecule has 1 aromatic heterocycles. The highest BCUT2D eigenvalue weighted by molar-refractivity contribution is 14.1. The molecule has 0 N–H and O–H groups in total. The van der Waals surface area contributed by atoms with Crippen LogP contribution in [-0.4, -0.2) is 53.4 Å². The maximum absolute atomic E-state index is 12.8. The summed E-state index contributed by atoms with van der Waals surface area (Å²) in [5.41, 5.74) is 1.86. The lowest BCUT2D eigenvalue weighted by Crippen LogP contribution is -2.54. The quantitative estimate of drug-likeness (QED) is 0.572. The fraction of sp³-hybridized carbons (Fsp3) is 0.444. The van der Waals surface area contributed by atoms with Gasteiger partial charge in [-0.3, -0.25) is 9.48 Å². The molecule has 1 aromatic carbocycles. The Balaban J connectivity index is 1.67. The molecule has 0 saturated carbocycles. The van der Waals surface area contributed by atoms with Gasteiger partial charge in [-0.1, -0.05) is 23.2 Å². The molecule has 1 atom stereocenters. The van der Waals surface area contributed by atoms with E-state index in [0.717, 1.165) is 24.5 Å². The van der Waals surface area contributed by atoms with Crippen LogP contribution >= 0.6 is 45.8 Å². The molecule has 27 heavy (non-hydrogen) atoms. The van der Waals surface area contributed by atoms with Crippen molar-refractivity contribution in [2.45, 2.75) is 26.4 Å². The van der Waals surface area contributed by atoms with E-state index in [1.807, 2.05) is 30.0 Å². The molecular formula is C18H21Cl2IN4O2. The molecular weight excluding hydrogens is 502 g/mol. The summed E-state index contributed by atoms with van der Waals surface area (Å²) < 4.78 is 7.70. The number of anilines is 1. The first-order valence-electron chi connectivity index (χ1n) is 8.58. The van der Waals surface area contributed by atoms with Crippen molar-refractivity contribution in [1.29, 1.82) is 0 Å². The normalized spacial score (nSPS) is 17.3. The molecule has 0 unspecified atom stereocenters. The first-order valence-corrected chi connectivity index (χ1v) is 10.4. The van der Waals surface area contributed by atoms with E-state index in [1.165, 1.54) is 0 Å². The zero-order valence-electron chi connectivity index (χ0n) is 15.4. The monoisotopic (exact) mass is 522 g/mol. The van der Waals surface area contributed by atoms with E-state index in [2.05, 4.69) is 39.5 Å². The maximum Gasteiger partial charge on any atom is 0.244 e. The van der Waals surface area contributed by atoms with Crippen LogP contribution in [0.15, 0.2) is 18.2 Å². The van der Waals surface area contributed by atoms with Gasteiger partial charge in [0.05, 0.1) is 22.8 Å². The van der Waals surface area contributed by atoms with Crippen molar-refractivity contribution in [3.8, 4) is 5.75 Å². The second-order valence-electron chi connectivity index (χ2n) is 6.55. The average molecular weight is 523 g/mol. The lowest BCUT2D eigenvalue weighted by molar-refractivity contribution is -0.134. The van der Waals surface area contributed by atoms with Crippen molar-refractivity contribution in [2.75, 3.05) is 31.6 Å². The van der Waals surface area contributed by atoms with E-state index in [4.69, 9.17) is 27.9 Å². The number of amides is 1. The third kappa shape index (κ3) is 4.30. The van der Waals surface area contributed by atoms with E-state index in [1.54, 1.807) is 11.8 Å². The zero-order valence-corrected chi connectivity index (χ0v) is 19.0. The molecule has 0 aliphatic carbocycles. The molecule has 146 valence electrons. The van der Waals surface area contributed by atoms with Gasteiger partial charge in [0, 0.05) is 37.4 Å². The molecule has 1 aliphatic rings. The number of rotatable bonds is 4. The first-order chi connectivity index (χ1) is 12.8. The zero-order chi connectivity index (χ0) is 19.7. The molecule has 1 fully saturated rings. The number of hydrogen-bond acceptors (Lipinski definition) is 4. The van der Waals surface area contributed by atoms with Crippen LogP contribution in [-0.2, 0) is 11.3 Å². The third-order valence-corrected chi connectivity index (χ3v) is 6.67. The summed E-state index contributed by atoms with van der Waals surface area (Å²) in [5.74, 6) is 0.704. The van der Waals surface area contributed by atoms with Crippen LogP contribution < -0.4 is 9.64 Å². The average Bonchev–Trinajstić information content (AvgIpc) is 2.88. The predicted molar refractivity (Wildman–Crippen MR) is 116 cm³/mol. The lowest BCUT2D eigenvalue weighted by Gasteiger charge is -2.41. The Morgan fingerprint density at radius 1 is 1.37 bits per heavy atom. The molecule has 1 aliphatic heterocycles. The van der Waals surface area contributed by atoms with Crippen molar-refractivity contribution in [1.82, 2.24) is 14.7 Å². The summed E-state index contributed by atoms with van der Waals surface area (Å²) in [5, 5.41) is 5.54. The van der Waals surface area contributed by atoms with Gasteiger partial charge in [0.25, 0.3) is 0 Å². The summed E-state index contributed by atoms with van der Waals surface area (Å²) in [4.78, 5) is 17.0. The second-order valence-corrected chi connectivity index (χ2v) is 8.36. The number of benzene rings is 1. The number of aromatic nitrogens is 2. The molecule has 3 rings (SSSR count). The Morgan fingerprint density at radius 2 is 2.11 bits per heavy atom. The van der Waals surface area contributed by atoms with Gasteiger partial charge in [-0.15, -0.1) is 0 Å². The van der Waals surface area contributed by atoms with Crippen molar-refractivity contribution in [3.63, 3.8) is 0 Å². The van der Waals surface area contributed by atoms with E-state index < -0.39 is 0 Å². The van der Waals surface area contributed by atoms with Gasteiger partial charge in [0.2, 0.25) is 5.91 Å². The number of nitrogens with zero attached hydrogens (tertiary/aromatic N) is 4. The molecule has 9 heteroatoms. The number of ether oxygens (including phenoxy) is 1. The summed E-state index contributed by atoms with van der Waals surface area (Å²) in [6, 6.07) is 5.83. The number of hydrogen-bond donors (Lipinski definition) is 0. The number of carbonyl (C=O) groups excluding carboxylic acids is 1. The van der Waals surface area contributed by atoms with Crippen molar-refractivity contribution in [3.05, 3.63) is 37.6 Å². The number of halogens is 3. The van der Waals surface area contributed by atoms with Crippen LogP contribution in [0.1, 0.15) is 12.6 Å². The Kier molecular flexibility index (Phi) is 6.43. The molecule has 6 nitrogen and oxygen atoms in total. The van der Waals surface area contributed by atoms with Gasteiger partial charge in [0.15, 0.2) is 0 Å². The smallest absolute Gasteiger partial charge is 0.244 e. The summed E-state index contributed by atoms with van der Waals surface area (Å²) in [6.45, 7) is 6.28. The highest BCUT2D eigenvalue weighted by Crippen LogP contribution is 2.30. The minimum Gasteiger partial charge on any atom is -0.495 e. The van der Waals surface area contributed by atoms with E-state index in [0.29, 0.717) is 26.0 Å². The lowest BCUT2D eigenvalue weighted by atomic mass is 10.1. The molecule has 1 amide bonds. The largest absolute Gasteiger partial charge is 0.495 e. The van der Waals surface area contributed by atoms with E-state index in [9.17, 15) is 4.79 Å². The van der Waals surface area contributed by atoms with Crippen LogP contribution in [0.2, 0.25) is 10.0 Å². The maximum atomic E-state index is 12.8. The molecule has 0 radical (unpaired) electrons. The van der Waals surface area contributed by atoms with Crippen molar-refractivity contribution >= 4 is 57.4 Å². The fourth-order valence-corrected chi connectivity index (χ4v) is 4.25. The Bertz CT molecular complexity index is 858. The van der Waals surface area contributed by atoms with Gasteiger partial charge in [0.1, 0.15) is 16.0 Å². The molecule has 2 aromatic rings. The highest BCUT2D eigenvalue weighted by Gasteiger charge is 2.28. The van der Waals surface area contributed by atoms with Crippen molar-refractivity contribution in [2.24, 2.45) is 0 Å². The second kappa shape index (κ2) is 8.45. The highest BCUT2D eigenvalue weighted by atomic mass is 127. The van der Waals surface area contributed by atoms with Crippen LogP contribution in [0.4, 0.5) is 5.69 Å². The number of methoxy groups -OCH3 is 1. The number of piperazine rings is 1. The standard InChI is InChI=1S/C18H21Cl2IN4O2/c1-11-9-23(13-4-5-14(19)15(8-13)27-3)6-7-24(11)16(26)10-25-12(2)17(20)18(21)22-25/h4-5,8,11H,6-7,9-10H2,1-3H3/t11-/m0/s1. The van der Waals surface area contributed by atoms with Crippen LogP contribution in [0, 0.1) is 10.6 Å². The van der Waals surface area contributed by atoms with Gasteiger partial charge in [-0.25, -0.2) is 0 Å². The number of carbonyl (C=O) groups is 1. The third-order valence-electron chi connectivity index (χ3n) is 4.83. The molecule has 0 spiro atoms. The fourth-order valence-electron chi connectivity index (χ4n) is 3.27. The van der Waals surface area contributed by atoms with Gasteiger partial charge < -0.3 is 14.5 Å². The van der Waals surface area contributed by atoms with Gasteiger partial charge >= 0.3 is 0 Å². The molecule has 1 saturated heterocycles. The summed E-state index contributed by atoms with van der Waals surface area (Å²) >= 11 is 14.4. The van der Waals surface area contributed by atoms with Gasteiger partial charge in [-0.2, -0.15) is 5.10 Å². The Morgan fingerprint density at radius 3 is 2.70 bits per heavy atom. The topological polar surface area (TPSA) is 50.6 Å². The summed E-state index contributed by atoms with van der Waals surface area (Å²) in [6.07, 6.45) is 0. The predicted octanol–water partition coefficient (Wildman–Crippen LogP) is 3.85. The first kappa shape index (κ1) is 20.5. The Hall–Kier alpha value is -1.19. The summed E-state index contributed by atoms with van der Waals surface area (Å²) in [7, 11) is 1.61. The van der Waals surface area contributed by atoms with Crippen LogP contribution in [0.5, 0.6) is 5.75 Å². The van der Waals surface area contributed by atoms with Crippen molar-refractivity contribution < 1.29 is 9.53 Å². The van der Waals surface area contributed by atoms with Gasteiger partial charge in [-0.05, 0) is 48.6 Å². The minimum absolute atomic E-state index is 0.0505. The SMILES string of the molecule is COc1cc(N2CCN(C(=O)Cn3nc(I)c(Cl)c3C)[C@@H](C)C2)ccc1Cl. The molecule has 0 bridgehead atoms. The molecule has 2 heterocycles. The van der Waals surface area contributed by atoms with E-state index in [-0.39, 0.29) is 18.5 Å². The van der Waals surface area contributed by atoms with E-state index >= 15 is 0 Å². The van der Waals surface area contributed by atoms with Crippen LogP contribution in [0.25, 0.3) is 0 Å².